The summed E-state index contributed by atoms with van der Waals surface area (Å²) in [6.45, 7) is 7.70. The molecule has 0 radical (unpaired) electrons. The molecule has 1 atom stereocenters. The molecule has 0 aliphatic carbocycles. The van der Waals surface area contributed by atoms with Crippen LogP contribution in [0.4, 0.5) is 0 Å². The van der Waals surface area contributed by atoms with Gasteiger partial charge in [0.1, 0.15) is 6.54 Å². The topological polar surface area (TPSA) is 79.7 Å². The van der Waals surface area contributed by atoms with Crippen LogP contribution >= 0.6 is 24.0 Å². The lowest BCUT2D eigenvalue weighted by Gasteiger charge is -2.23. The Morgan fingerprint density at radius 2 is 2.15 bits per heavy atom. The fourth-order valence-corrected chi connectivity index (χ4v) is 3.21. The van der Waals surface area contributed by atoms with Gasteiger partial charge in [-0.25, -0.2) is 9.98 Å². The van der Waals surface area contributed by atoms with E-state index in [1.807, 2.05) is 12.1 Å². The summed E-state index contributed by atoms with van der Waals surface area (Å²) in [6.07, 6.45) is 4.21. The van der Waals surface area contributed by atoms with Crippen molar-refractivity contribution >= 4 is 29.9 Å². The van der Waals surface area contributed by atoms with Crippen LogP contribution in [0.15, 0.2) is 39.9 Å². The Kier molecular flexibility index (Phi) is 7.89. The van der Waals surface area contributed by atoms with Gasteiger partial charge in [0.15, 0.2) is 11.7 Å². The Balaban J connectivity index is 0.00000243. The summed E-state index contributed by atoms with van der Waals surface area (Å²) >= 11 is 0. The number of likely N-dealkylation sites (N-methyl/N-ethyl adjacent to an activating group) is 1. The number of nitrogens with zero attached hydrogens (tertiary/aromatic N) is 3. The number of hydrogen-bond donors (Lipinski definition) is 2. The molecule has 1 saturated heterocycles. The van der Waals surface area contributed by atoms with Crippen molar-refractivity contribution in [2.24, 2.45) is 10.7 Å². The van der Waals surface area contributed by atoms with Crippen molar-refractivity contribution in [3.63, 3.8) is 0 Å². The lowest BCUT2D eigenvalue weighted by molar-refractivity contribution is 0.267. The number of aryl methyl sites for hydroxylation is 1. The summed E-state index contributed by atoms with van der Waals surface area (Å²) in [5, 5.41) is 3.22. The van der Waals surface area contributed by atoms with E-state index >= 15 is 0 Å². The van der Waals surface area contributed by atoms with Gasteiger partial charge in [-0.15, -0.1) is 24.0 Å². The smallest absolute Gasteiger partial charge is 0.216 e. The van der Waals surface area contributed by atoms with Gasteiger partial charge >= 0.3 is 0 Å². The zero-order valence-corrected chi connectivity index (χ0v) is 17.8. The van der Waals surface area contributed by atoms with Crippen molar-refractivity contribution in [2.45, 2.75) is 39.3 Å². The molecule has 3 N–H and O–H groups in total. The van der Waals surface area contributed by atoms with Gasteiger partial charge in [-0.3, -0.25) is 4.90 Å². The van der Waals surface area contributed by atoms with Crippen LogP contribution in [0.1, 0.15) is 31.2 Å². The molecule has 1 fully saturated rings. The molecule has 3 rings (SSSR count). The van der Waals surface area contributed by atoms with Crippen LogP contribution in [0.2, 0.25) is 0 Å². The standard InChI is InChI=1S/C19H27N5O.HI/c1-3-24-10-4-5-16(24)11-22-19(20)23-13-18-21-12-17(25-18)15-8-6-14(2)7-9-15;/h6-9,12,16H,3-5,10-11,13H2,1-2H3,(H3,20,22,23);1H. The van der Waals surface area contributed by atoms with E-state index in [0.717, 1.165) is 24.4 Å². The van der Waals surface area contributed by atoms with Crippen LogP contribution in [0.25, 0.3) is 11.3 Å². The first-order valence-corrected chi connectivity index (χ1v) is 8.95. The molecule has 1 unspecified atom stereocenters. The molecule has 0 amide bonds. The second-order valence-corrected chi connectivity index (χ2v) is 6.49. The predicted molar refractivity (Wildman–Crippen MR) is 116 cm³/mol. The molecule has 0 bridgehead atoms. The molecule has 1 aliphatic heterocycles. The summed E-state index contributed by atoms with van der Waals surface area (Å²) < 4.78 is 5.76. The number of oxazole rings is 1. The molecule has 1 aromatic heterocycles. The van der Waals surface area contributed by atoms with E-state index in [2.05, 4.69) is 46.2 Å². The van der Waals surface area contributed by atoms with Gasteiger partial charge in [0.2, 0.25) is 5.89 Å². The highest BCUT2D eigenvalue weighted by Gasteiger charge is 2.22. The molecule has 142 valence electrons. The maximum atomic E-state index is 5.97. The summed E-state index contributed by atoms with van der Waals surface area (Å²) in [6, 6.07) is 8.72. The molecule has 1 aliphatic rings. The highest BCUT2D eigenvalue weighted by molar-refractivity contribution is 14.0. The Morgan fingerprint density at radius 1 is 1.38 bits per heavy atom. The summed E-state index contributed by atoms with van der Waals surface area (Å²) in [5.41, 5.74) is 8.20. The predicted octanol–water partition coefficient (Wildman–Crippen LogP) is 3.16. The van der Waals surface area contributed by atoms with Gasteiger partial charge in [-0.1, -0.05) is 36.8 Å². The maximum absolute atomic E-state index is 5.97. The average molecular weight is 469 g/mol. The molecular weight excluding hydrogens is 441 g/mol. The molecule has 2 aromatic rings. The van der Waals surface area contributed by atoms with E-state index in [4.69, 9.17) is 10.2 Å². The second kappa shape index (κ2) is 9.91. The first-order chi connectivity index (χ1) is 12.2. The molecule has 6 nitrogen and oxygen atoms in total. The second-order valence-electron chi connectivity index (χ2n) is 6.49. The molecule has 2 heterocycles. The number of nitrogens with two attached hydrogens (primary N) is 1. The van der Waals surface area contributed by atoms with Gasteiger partial charge in [0, 0.05) is 18.2 Å². The van der Waals surface area contributed by atoms with Gasteiger partial charge in [0.25, 0.3) is 0 Å². The van der Waals surface area contributed by atoms with E-state index < -0.39 is 0 Å². The minimum atomic E-state index is 0. The normalized spacial score (nSPS) is 17.9. The lowest BCUT2D eigenvalue weighted by atomic mass is 10.1. The summed E-state index contributed by atoms with van der Waals surface area (Å²) in [4.78, 5) is 11.1. The van der Waals surface area contributed by atoms with Crippen LogP contribution < -0.4 is 11.1 Å². The Bertz CT molecular complexity index is 713. The van der Waals surface area contributed by atoms with E-state index in [1.165, 1.54) is 24.9 Å². The Labute approximate surface area is 172 Å². The number of aliphatic imine (C=N–C) groups is 1. The molecular formula is C19H28IN5O. The number of hydrogen-bond acceptors (Lipinski definition) is 4. The van der Waals surface area contributed by atoms with Crippen LogP contribution in [0.5, 0.6) is 0 Å². The largest absolute Gasteiger partial charge is 0.439 e. The van der Waals surface area contributed by atoms with Crippen molar-refractivity contribution < 1.29 is 4.42 Å². The number of halogens is 1. The van der Waals surface area contributed by atoms with Gasteiger partial charge in [-0.2, -0.15) is 0 Å². The van der Waals surface area contributed by atoms with Gasteiger partial charge < -0.3 is 15.5 Å². The number of guanidine groups is 1. The van der Waals surface area contributed by atoms with Gasteiger partial charge in [-0.05, 0) is 32.9 Å². The van der Waals surface area contributed by atoms with Gasteiger partial charge in [0.05, 0.1) is 6.20 Å². The highest BCUT2D eigenvalue weighted by atomic mass is 127. The van der Waals surface area contributed by atoms with Crippen LogP contribution in [-0.4, -0.2) is 41.5 Å². The first-order valence-electron chi connectivity index (χ1n) is 8.95. The monoisotopic (exact) mass is 469 g/mol. The van der Waals surface area contributed by atoms with Crippen LogP contribution in [0.3, 0.4) is 0 Å². The van der Waals surface area contributed by atoms with Crippen molar-refractivity contribution in [3.05, 3.63) is 41.9 Å². The lowest BCUT2D eigenvalue weighted by Crippen LogP contribution is -2.42. The van der Waals surface area contributed by atoms with Crippen molar-refractivity contribution in [3.8, 4) is 11.3 Å². The molecule has 26 heavy (non-hydrogen) atoms. The molecule has 7 heteroatoms. The van der Waals surface area contributed by atoms with Crippen molar-refractivity contribution in [1.29, 1.82) is 0 Å². The Hall–Kier alpha value is -1.61. The van der Waals surface area contributed by atoms with Crippen LogP contribution in [-0.2, 0) is 6.54 Å². The number of likely N-dealkylation sites (tertiary alicyclic amines) is 1. The minimum Gasteiger partial charge on any atom is -0.439 e. The zero-order chi connectivity index (χ0) is 17.6. The number of aromatic nitrogens is 1. The summed E-state index contributed by atoms with van der Waals surface area (Å²) in [5.74, 6) is 1.76. The Morgan fingerprint density at radius 3 is 2.88 bits per heavy atom. The number of nitrogens with one attached hydrogen (secondary N) is 1. The van der Waals surface area contributed by atoms with Crippen molar-refractivity contribution in [2.75, 3.05) is 19.6 Å². The third-order valence-electron chi connectivity index (χ3n) is 4.70. The fraction of sp³-hybridized carbons (Fsp3) is 0.474. The summed E-state index contributed by atoms with van der Waals surface area (Å²) in [7, 11) is 0. The number of rotatable bonds is 6. The SMILES string of the molecule is CCN1CCCC1CNC(N)=NCc1ncc(-c2ccc(C)cc2)o1.I. The molecule has 1 aromatic carbocycles. The quantitative estimate of drug-likeness (QED) is 0.386. The first kappa shape index (κ1) is 20.7. The van der Waals surface area contributed by atoms with Crippen LogP contribution in [0, 0.1) is 6.92 Å². The fourth-order valence-electron chi connectivity index (χ4n) is 3.21. The van der Waals surface area contributed by atoms with E-state index in [0.29, 0.717) is 24.4 Å². The van der Waals surface area contributed by atoms with E-state index in [1.54, 1.807) is 6.20 Å². The number of benzene rings is 1. The third kappa shape index (κ3) is 5.44. The molecule has 0 spiro atoms. The third-order valence-corrected chi connectivity index (χ3v) is 4.70. The maximum Gasteiger partial charge on any atom is 0.216 e. The van der Waals surface area contributed by atoms with E-state index in [9.17, 15) is 0 Å². The average Bonchev–Trinajstić information content (AvgIpc) is 3.27. The zero-order valence-electron chi connectivity index (χ0n) is 15.4. The van der Waals surface area contributed by atoms with E-state index in [-0.39, 0.29) is 24.0 Å². The minimum absolute atomic E-state index is 0. The van der Waals surface area contributed by atoms with Crippen molar-refractivity contribution in [1.82, 2.24) is 15.2 Å². The highest BCUT2D eigenvalue weighted by Crippen LogP contribution is 2.21. The molecule has 0 saturated carbocycles.